The first-order chi connectivity index (χ1) is 13.3. The van der Waals surface area contributed by atoms with Crippen LogP contribution in [0, 0.1) is 10.1 Å². The fraction of sp³-hybridized carbons (Fsp3) is 0.350. The highest BCUT2D eigenvalue weighted by Crippen LogP contribution is 2.39. The van der Waals surface area contributed by atoms with Crippen molar-refractivity contribution in [2.75, 3.05) is 5.32 Å². The Morgan fingerprint density at radius 1 is 1.21 bits per heavy atom. The number of nitrogens with one attached hydrogen (secondary N) is 1. The Hall–Kier alpha value is -3.29. The van der Waals surface area contributed by atoms with E-state index in [4.69, 9.17) is 0 Å². The molecule has 0 saturated heterocycles. The normalized spacial score (nSPS) is 14.2. The molecule has 1 aliphatic carbocycles. The minimum atomic E-state index is -0.675. The highest BCUT2D eigenvalue weighted by Gasteiger charge is 2.28. The van der Waals surface area contributed by atoms with Crippen LogP contribution in [0.4, 0.5) is 11.4 Å². The van der Waals surface area contributed by atoms with Crippen molar-refractivity contribution in [1.29, 1.82) is 0 Å². The van der Waals surface area contributed by atoms with Gasteiger partial charge in [-0.3, -0.25) is 14.9 Å². The zero-order valence-electron chi connectivity index (χ0n) is 16.0. The second kappa shape index (κ2) is 6.40. The number of anilines is 1. The summed E-state index contributed by atoms with van der Waals surface area (Å²) in [5.41, 5.74) is 1.37. The lowest BCUT2D eigenvalue weighted by atomic mass is 10.0. The molecule has 0 bridgehead atoms. The summed E-state index contributed by atoms with van der Waals surface area (Å²) in [4.78, 5) is 32.2. The van der Waals surface area contributed by atoms with Crippen LogP contribution in [0.25, 0.3) is 10.9 Å². The molecule has 1 fully saturated rings. The van der Waals surface area contributed by atoms with E-state index in [1.165, 1.54) is 35.6 Å². The van der Waals surface area contributed by atoms with Crippen molar-refractivity contribution < 1.29 is 4.92 Å². The first kappa shape index (κ1) is 18.1. The minimum Gasteiger partial charge on any atom is -0.372 e. The fourth-order valence-electron chi connectivity index (χ4n) is 3.35. The largest absolute Gasteiger partial charge is 0.372 e. The van der Waals surface area contributed by atoms with Crippen LogP contribution in [0.15, 0.2) is 41.5 Å². The van der Waals surface area contributed by atoms with Gasteiger partial charge >= 0.3 is 0 Å². The van der Waals surface area contributed by atoms with Gasteiger partial charge in [-0.2, -0.15) is 0 Å². The topological polar surface area (TPSA) is 103 Å². The van der Waals surface area contributed by atoms with Crippen LogP contribution in [0.2, 0.25) is 0 Å². The van der Waals surface area contributed by atoms with E-state index in [-0.39, 0.29) is 11.2 Å². The number of nitro benzene ring substituents is 1. The molecule has 3 aromatic rings. The molecule has 0 spiro atoms. The summed E-state index contributed by atoms with van der Waals surface area (Å²) in [5, 5.41) is 15.1. The van der Waals surface area contributed by atoms with Crippen molar-refractivity contribution in [3.8, 4) is 0 Å². The maximum Gasteiger partial charge on any atom is 0.270 e. The molecule has 1 aliphatic rings. The number of pyridine rings is 1. The average molecular weight is 379 g/mol. The summed E-state index contributed by atoms with van der Waals surface area (Å²) in [7, 11) is 1.64. The Bertz CT molecular complexity index is 1130. The van der Waals surface area contributed by atoms with Gasteiger partial charge in [0.2, 0.25) is 0 Å². The summed E-state index contributed by atoms with van der Waals surface area (Å²) in [6.07, 6.45) is 6.08. The van der Waals surface area contributed by atoms with Gasteiger partial charge in [0.15, 0.2) is 5.82 Å². The number of fused-ring (bicyclic) bond motifs is 1. The second-order valence-electron chi connectivity index (χ2n) is 7.78. The number of rotatable bonds is 5. The molecule has 8 nitrogen and oxygen atoms in total. The third-order valence-electron chi connectivity index (χ3n) is 5.17. The maximum absolute atomic E-state index is 12.4. The summed E-state index contributed by atoms with van der Waals surface area (Å²) in [6.45, 7) is 3.83. The van der Waals surface area contributed by atoms with Crippen LogP contribution >= 0.6 is 0 Å². The van der Waals surface area contributed by atoms with Crippen LogP contribution in [0.1, 0.15) is 44.0 Å². The molecule has 1 aromatic carbocycles. The molecule has 2 aromatic heterocycles. The van der Waals surface area contributed by atoms with Gasteiger partial charge in [-0.25, -0.2) is 9.97 Å². The highest BCUT2D eigenvalue weighted by molar-refractivity contribution is 5.93. The predicted molar refractivity (Wildman–Crippen MR) is 106 cm³/mol. The maximum atomic E-state index is 12.4. The first-order valence-electron chi connectivity index (χ1n) is 9.15. The quantitative estimate of drug-likeness (QED) is 0.538. The Morgan fingerprint density at radius 2 is 1.89 bits per heavy atom. The number of nitro groups is 1. The van der Waals surface area contributed by atoms with Gasteiger partial charge in [0.05, 0.1) is 21.7 Å². The number of hydrogen-bond acceptors (Lipinski definition) is 6. The first-order valence-corrected chi connectivity index (χ1v) is 9.15. The van der Waals surface area contributed by atoms with E-state index < -0.39 is 10.5 Å². The average Bonchev–Trinajstić information content (AvgIpc) is 3.50. The lowest BCUT2D eigenvalue weighted by Gasteiger charge is -2.27. The summed E-state index contributed by atoms with van der Waals surface area (Å²) in [5.74, 6) is 1.17. The lowest BCUT2D eigenvalue weighted by Crippen LogP contribution is -2.31. The van der Waals surface area contributed by atoms with Crippen LogP contribution in [0.3, 0.4) is 0 Å². The van der Waals surface area contributed by atoms with Crippen LogP contribution in [0.5, 0.6) is 0 Å². The molecule has 0 radical (unpaired) electrons. The van der Waals surface area contributed by atoms with Crippen molar-refractivity contribution in [2.45, 2.75) is 38.1 Å². The SMILES string of the molecule is Cn1c(=O)cc(NC(C)(C)c2ncc(C3CC3)cn2)c2cc([N+](=O)[O-])ccc21. The fourth-order valence-corrected chi connectivity index (χ4v) is 3.35. The number of aryl methyl sites for hydroxylation is 1. The minimum absolute atomic E-state index is 0.0305. The Kier molecular flexibility index (Phi) is 4.14. The molecule has 1 N–H and O–H groups in total. The smallest absolute Gasteiger partial charge is 0.270 e. The molecule has 0 unspecified atom stereocenters. The van der Waals surface area contributed by atoms with Crippen LogP contribution in [-0.2, 0) is 12.6 Å². The van der Waals surface area contributed by atoms with Gasteiger partial charge in [-0.05, 0) is 44.2 Å². The van der Waals surface area contributed by atoms with E-state index in [0.717, 1.165) is 5.56 Å². The zero-order chi connectivity index (χ0) is 20.1. The molecule has 0 amide bonds. The molecule has 0 atom stereocenters. The van der Waals surface area contributed by atoms with Crippen molar-refractivity contribution in [3.05, 3.63) is 68.5 Å². The lowest BCUT2D eigenvalue weighted by molar-refractivity contribution is -0.384. The van der Waals surface area contributed by atoms with Crippen molar-refractivity contribution >= 4 is 22.3 Å². The number of nitrogens with zero attached hydrogens (tertiary/aromatic N) is 4. The van der Waals surface area contributed by atoms with E-state index in [1.807, 2.05) is 26.2 Å². The number of aromatic nitrogens is 3. The van der Waals surface area contributed by atoms with E-state index in [9.17, 15) is 14.9 Å². The molecule has 144 valence electrons. The van der Waals surface area contributed by atoms with Gasteiger partial charge in [-0.1, -0.05) is 0 Å². The number of benzene rings is 1. The van der Waals surface area contributed by atoms with Gasteiger partial charge < -0.3 is 9.88 Å². The standard InChI is InChI=1S/C20H21N5O3/c1-20(2,19-21-10-13(11-22-19)12-4-5-12)23-16-9-18(26)24(3)17-7-6-14(25(27)28)8-15(16)17/h6-12,23H,4-5H2,1-3H3. The number of non-ortho nitro benzene ring substituents is 1. The van der Waals surface area contributed by atoms with Crippen molar-refractivity contribution in [2.24, 2.45) is 7.05 Å². The molecular weight excluding hydrogens is 358 g/mol. The molecule has 8 heteroatoms. The van der Waals surface area contributed by atoms with E-state index in [1.54, 1.807) is 13.1 Å². The summed E-state index contributed by atoms with van der Waals surface area (Å²) >= 11 is 0. The predicted octanol–water partition coefficient (Wildman–Crippen LogP) is 3.46. The van der Waals surface area contributed by atoms with E-state index in [2.05, 4.69) is 15.3 Å². The molecule has 4 rings (SSSR count). The van der Waals surface area contributed by atoms with Gasteiger partial charge in [0.25, 0.3) is 11.2 Å². The van der Waals surface area contributed by atoms with Crippen molar-refractivity contribution in [1.82, 2.24) is 14.5 Å². The van der Waals surface area contributed by atoms with Crippen LogP contribution in [-0.4, -0.2) is 19.5 Å². The summed E-state index contributed by atoms with van der Waals surface area (Å²) in [6, 6.07) is 5.92. The third kappa shape index (κ3) is 3.21. The third-order valence-corrected chi connectivity index (χ3v) is 5.17. The monoisotopic (exact) mass is 379 g/mol. The molecule has 28 heavy (non-hydrogen) atoms. The molecule has 1 saturated carbocycles. The number of hydrogen-bond donors (Lipinski definition) is 1. The highest BCUT2D eigenvalue weighted by atomic mass is 16.6. The Morgan fingerprint density at radius 3 is 2.50 bits per heavy atom. The van der Waals surface area contributed by atoms with E-state index in [0.29, 0.717) is 28.3 Å². The zero-order valence-corrected chi connectivity index (χ0v) is 16.0. The summed E-state index contributed by atoms with van der Waals surface area (Å²) < 4.78 is 1.47. The molecule has 0 aliphatic heterocycles. The van der Waals surface area contributed by atoms with E-state index >= 15 is 0 Å². The second-order valence-corrected chi connectivity index (χ2v) is 7.78. The van der Waals surface area contributed by atoms with Crippen molar-refractivity contribution in [3.63, 3.8) is 0 Å². The van der Waals surface area contributed by atoms with Gasteiger partial charge in [0, 0.05) is 43.0 Å². The Labute approximate surface area is 161 Å². The van der Waals surface area contributed by atoms with Crippen LogP contribution < -0.4 is 10.9 Å². The Balaban J connectivity index is 1.76. The van der Waals surface area contributed by atoms with Gasteiger partial charge in [-0.15, -0.1) is 0 Å². The molecule has 2 heterocycles. The molecular formula is C20H21N5O3. The van der Waals surface area contributed by atoms with Gasteiger partial charge in [0.1, 0.15) is 0 Å².